The molecule has 0 radical (unpaired) electrons. The number of rotatable bonds is 3. The van der Waals surface area contributed by atoms with Gasteiger partial charge in [-0.15, -0.1) is 11.3 Å². The fourth-order valence-electron chi connectivity index (χ4n) is 1.21. The van der Waals surface area contributed by atoms with Gasteiger partial charge in [0.2, 0.25) is 0 Å². The molecule has 0 aliphatic rings. The molecule has 12 heavy (non-hydrogen) atoms. The third kappa shape index (κ3) is 2.63. The Morgan fingerprint density at radius 3 is 2.33 bits per heavy atom. The Kier molecular flexibility index (Phi) is 3.33. The molecule has 0 N–H and O–H groups in total. The molecular formula is C11H18S. The van der Waals surface area contributed by atoms with E-state index in [-0.39, 0.29) is 0 Å². The van der Waals surface area contributed by atoms with E-state index in [4.69, 9.17) is 0 Å². The van der Waals surface area contributed by atoms with E-state index in [1.54, 1.807) is 0 Å². The summed E-state index contributed by atoms with van der Waals surface area (Å²) in [5.41, 5.74) is 1.50. The van der Waals surface area contributed by atoms with Gasteiger partial charge in [0.1, 0.15) is 0 Å². The average molecular weight is 182 g/mol. The van der Waals surface area contributed by atoms with Crippen LogP contribution in [0.25, 0.3) is 0 Å². The van der Waals surface area contributed by atoms with Gasteiger partial charge in [-0.1, -0.05) is 27.7 Å². The Morgan fingerprint density at radius 2 is 1.92 bits per heavy atom. The van der Waals surface area contributed by atoms with Crippen LogP contribution in [-0.2, 0) is 6.42 Å². The van der Waals surface area contributed by atoms with Crippen molar-refractivity contribution in [2.24, 2.45) is 5.92 Å². The molecule has 1 heteroatoms. The molecule has 1 heterocycles. The first-order valence-corrected chi connectivity index (χ1v) is 5.55. The summed E-state index contributed by atoms with van der Waals surface area (Å²) in [4.78, 5) is 1.54. The number of thiophene rings is 1. The minimum Gasteiger partial charge on any atom is -0.149 e. The van der Waals surface area contributed by atoms with Crippen LogP contribution < -0.4 is 0 Å². The van der Waals surface area contributed by atoms with Crippen molar-refractivity contribution in [1.82, 2.24) is 0 Å². The van der Waals surface area contributed by atoms with E-state index < -0.39 is 0 Å². The zero-order valence-electron chi connectivity index (χ0n) is 8.42. The first kappa shape index (κ1) is 9.79. The fourth-order valence-corrected chi connectivity index (χ4v) is 2.47. The molecule has 0 aromatic carbocycles. The lowest BCUT2D eigenvalue weighted by Gasteiger charge is -2.00. The molecule has 0 nitrogen and oxygen atoms in total. The van der Waals surface area contributed by atoms with Gasteiger partial charge < -0.3 is 0 Å². The van der Waals surface area contributed by atoms with Crippen LogP contribution in [0.1, 0.15) is 44.1 Å². The lowest BCUT2D eigenvalue weighted by atomic mass is 10.0. The topological polar surface area (TPSA) is 0 Å². The van der Waals surface area contributed by atoms with Crippen LogP contribution in [0.15, 0.2) is 11.4 Å². The van der Waals surface area contributed by atoms with Crippen molar-refractivity contribution in [2.75, 3.05) is 0 Å². The molecule has 0 amide bonds. The summed E-state index contributed by atoms with van der Waals surface area (Å²) in [7, 11) is 0. The van der Waals surface area contributed by atoms with E-state index in [2.05, 4.69) is 39.1 Å². The average Bonchev–Trinajstić information content (AvgIpc) is 2.34. The van der Waals surface area contributed by atoms with Gasteiger partial charge in [0.15, 0.2) is 0 Å². The molecule has 0 atom stereocenters. The molecule has 0 aliphatic heterocycles. The summed E-state index contributed by atoms with van der Waals surface area (Å²) in [5.74, 6) is 1.46. The molecule has 0 spiro atoms. The largest absolute Gasteiger partial charge is 0.149 e. The second kappa shape index (κ2) is 4.08. The van der Waals surface area contributed by atoms with Crippen molar-refractivity contribution in [3.05, 3.63) is 21.9 Å². The van der Waals surface area contributed by atoms with E-state index in [1.807, 2.05) is 11.3 Å². The fraction of sp³-hybridized carbons (Fsp3) is 0.636. The zero-order valence-corrected chi connectivity index (χ0v) is 9.24. The van der Waals surface area contributed by atoms with Crippen LogP contribution in [-0.4, -0.2) is 0 Å². The third-order valence-electron chi connectivity index (χ3n) is 1.95. The molecule has 0 saturated heterocycles. The molecule has 0 fully saturated rings. The first-order valence-electron chi connectivity index (χ1n) is 4.67. The van der Waals surface area contributed by atoms with Crippen LogP contribution >= 0.6 is 11.3 Å². The van der Waals surface area contributed by atoms with Crippen LogP contribution in [0, 0.1) is 5.92 Å². The van der Waals surface area contributed by atoms with Crippen LogP contribution in [0.3, 0.4) is 0 Å². The minimum absolute atomic E-state index is 0.683. The van der Waals surface area contributed by atoms with Gasteiger partial charge in [0, 0.05) is 4.88 Å². The summed E-state index contributed by atoms with van der Waals surface area (Å²) in [6, 6.07) is 2.36. The maximum Gasteiger partial charge on any atom is 0.00507 e. The minimum atomic E-state index is 0.683. The highest BCUT2D eigenvalue weighted by atomic mass is 32.1. The summed E-state index contributed by atoms with van der Waals surface area (Å²) in [6.45, 7) is 9.05. The molecule has 1 aromatic rings. The van der Waals surface area contributed by atoms with Crippen molar-refractivity contribution in [2.45, 2.75) is 40.0 Å². The van der Waals surface area contributed by atoms with Crippen molar-refractivity contribution < 1.29 is 0 Å². The monoisotopic (exact) mass is 182 g/mol. The lowest BCUT2D eigenvalue weighted by molar-refractivity contribution is 0.653. The number of hydrogen-bond donors (Lipinski definition) is 0. The Morgan fingerprint density at radius 1 is 1.25 bits per heavy atom. The third-order valence-corrected chi connectivity index (χ3v) is 2.93. The second-order valence-electron chi connectivity index (χ2n) is 4.10. The van der Waals surface area contributed by atoms with Gasteiger partial charge in [0.05, 0.1) is 0 Å². The Balaban J connectivity index is 2.64. The lowest BCUT2D eigenvalue weighted by Crippen LogP contribution is -1.90. The summed E-state index contributed by atoms with van der Waals surface area (Å²) >= 11 is 1.91. The highest BCUT2D eigenvalue weighted by Gasteiger charge is 2.04. The van der Waals surface area contributed by atoms with Crippen LogP contribution in [0.4, 0.5) is 0 Å². The van der Waals surface area contributed by atoms with Gasteiger partial charge in [-0.3, -0.25) is 0 Å². The zero-order chi connectivity index (χ0) is 9.14. The Labute approximate surface area is 79.6 Å². The van der Waals surface area contributed by atoms with Gasteiger partial charge in [-0.25, -0.2) is 0 Å². The molecule has 68 valence electrons. The SMILES string of the molecule is CC(C)Cc1cc(C(C)C)cs1. The summed E-state index contributed by atoms with van der Waals surface area (Å²) in [5, 5.41) is 2.29. The predicted molar refractivity (Wildman–Crippen MR) is 57.0 cm³/mol. The first-order chi connectivity index (χ1) is 5.59. The van der Waals surface area contributed by atoms with Crippen molar-refractivity contribution in [1.29, 1.82) is 0 Å². The van der Waals surface area contributed by atoms with Crippen LogP contribution in [0.5, 0.6) is 0 Å². The smallest absolute Gasteiger partial charge is 0.00507 e. The predicted octanol–water partition coefficient (Wildman–Crippen LogP) is 4.07. The molecule has 1 aromatic heterocycles. The highest BCUT2D eigenvalue weighted by molar-refractivity contribution is 7.10. The second-order valence-corrected chi connectivity index (χ2v) is 5.09. The molecule has 1 rings (SSSR count). The molecule has 0 saturated carbocycles. The van der Waals surface area contributed by atoms with Crippen molar-refractivity contribution in [3.63, 3.8) is 0 Å². The van der Waals surface area contributed by atoms with E-state index in [1.165, 1.54) is 16.9 Å². The van der Waals surface area contributed by atoms with E-state index in [0.29, 0.717) is 5.92 Å². The maximum atomic E-state index is 2.36. The Bertz CT molecular complexity index is 233. The Hall–Kier alpha value is -0.300. The van der Waals surface area contributed by atoms with Crippen molar-refractivity contribution >= 4 is 11.3 Å². The summed E-state index contributed by atoms with van der Waals surface area (Å²) in [6.07, 6.45) is 1.23. The molecule has 0 unspecified atom stereocenters. The normalized spacial score (nSPS) is 11.5. The standard InChI is InChI=1S/C11H18S/c1-8(2)5-11-6-10(7-12-11)9(3)4/h6-9H,5H2,1-4H3. The van der Waals surface area contributed by atoms with Crippen molar-refractivity contribution in [3.8, 4) is 0 Å². The van der Waals surface area contributed by atoms with Gasteiger partial charge >= 0.3 is 0 Å². The molecular weight excluding hydrogens is 164 g/mol. The maximum absolute atomic E-state index is 2.36. The van der Waals surface area contributed by atoms with Gasteiger partial charge in [-0.05, 0) is 35.3 Å². The molecule has 0 bridgehead atoms. The van der Waals surface area contributed by atoms with Gasteiger partial charge in [0.25, 0.3) is 0 Å². The summed E-state index contributed by atoms with van der Waals surface area (Å²) < 4.78 is 0. The number of hydrogen-bond acceptors (Lipinski definition) is 1. The van der Waals surface area contributed by atoms with E-state index >= 15 is 0 Å². The molecule has 0 aliphatic carbocycles. The van der Waals surface area contributed by atoms with E-state index in [0.717, 1.165) is 5.92 Å². The van der Waals surface area contributed by atoms with Gasteiger partial charge in [-0.2, -0.15) is 0 Å². The highest BCUT2D eigenvalue weighted by Crippen LogP contribution is 2.23. The van der Waals surface area contributed by atoms with E-state index in [9.17, 15) is 0 Å². The van der Waals surface area contributed by atoms with Crippen LogP contribution in [0.2, 0.25) is 0 Å². The quantitative estimate of drug-likeness (QED) is 0.661.